The van der Waals surface area contributed by atoms with Crippen LogP contribution in [0.1, 0.15) is 53.2 Å². The van der Waals surface area contributed by atoms with Gasteiger partial charge in [-0.25, -0.2) is 24.3 Å². The summed E-state index contributed by atoms with van der Waals surface area (Å²) >= 11 is 0. The van der Waals surface area contributed by atoms with Crippen molar-refractivity contribution in [2.45, 2.75) is 45.6 Å². The lowest BCUT2D eigenvalue weighted by Gasteiger charge is -2.28. The van der Waals surface area contributed by atoms with E-state index in [9.17, 15) is 4.39 Å². The number of nitrogens with zero attached hydrogens (tertiary/aromatic N) is 6. The van der Waals surface area contributed by atoms with Gasteiger partial charge in [0.25, 0.3) is 0 Å². The predicted octanol–water partition coefficient (Wildman–Crippen LogP) is 4.52. The quantitative estimate of drug-likeness (QED) is 0.474. The minimum atomic E-state index is -0.323. The molecule has 164 valence electrons. The molecule has 1 fully saturated rings. The monoisotopic (exact) mass is 432 g/mol. The van der Waals surface area contributed by atoms with Crippen LogP contribution in [-0.2, 0) is 11.8 Å². The number of ether oxygens (including phenoxy) is 1. The largest absolute Gasteiger partial charge is 0.373 e. The van der Waals surface area contributed by atoms with E-state index in [4.69, 9.17) is 14.7 Å². The van der Waals surface area contributed by atoms with Gasteiger partial charge < -0.3 is 4.74 Å². The van der Waals surface area contributed by atoms with Gasteiger partial charge >= 0.3 is 0 Å². The lowest BCUT2D eigenvalue weighted by molar-refractivity contribution is 0.00398. The normalized spacial score (nSPS) is 18.9. The van der Waals surface area contributed by atoms with Gasteiger partial charge in [-0.3, -0.25) is 4.68 Å². The molecule has 8 heteroatoms. The van der Waals surface area contributed by atoms with Gasteiger partial charge in [-0.2, -0.15) is 5.10 Å². The third-order valence-corrected chi connectivity index (χ3v) is 6.09. The zero-order valence-electron chi connectivity index (χ0n) is 18.6. The highest BCUT2D eigenvalue weighted by Crippen LogP contribution is 2.38. The molecule has 0 bridgehead atoms. The van der Waals surface area contributed by atoms with Crippen molar-refractivity contribution in [2.75, 3.05) is 6.61 Å². The maximum absolute atomic E-state index is 15.0. The van der Waals surface area contributed by atoms with Gasteiger partial charge in [-0.15, -0.1) is 0 Å². The molecule has 0 N–H and O–H groups in total. The fraction of sp³-hybridized carbons (Fsp3) is 0.375. The molecule has 1 saturated heterocycles. The van der Waals surface area contributed by atoms with Crippen LogP contribution in [0.25, 0.3) is 22.4 Å². The number of hydrogen-bond acceptors (Lipinski definition) is 6. The first-order valence-corrected chi connectivity index (χ1v) is 10.8. The lowest BCUT2D eigenvalue weighted by Crippen LogP contribution is -2.20. The molecular formula is C24H25FN6O. The number of halogens is 1. The summed E-state index contributed by atoms with van der Waals surface area (Å²) in [5.74, 6) is 0.396. The number of aryl methyl sites for hydroxylation is 4. The molecule has 7 nitrogen and oxygen atoms in total. The van der Waals surface area contributed by atoms with Crippen LogP contribution < -0.4 is 0 Å². The Morgan fingerprint density at radius 2 is 1.88 bits per heavy atom. The molecule has 0 unspecified atom stereocenters. The van der Waals surface area contributed by atoms with Crippen molar-refractivity contribution in [2.24, 2.45) is 7.05 Å². The first-order valence-electron chi connectivity index (χ1n) is 10.8. The Kier molecular flexibility index (Phi) is 5.17. The van der Waals surface area contributed by atoms with E-state index in [-0.39, 0.29) is 17.8 Å². The highest BCUT2D eigenvalue weighted by Gasteiger charge is 2.29. The van der Waals surface area contributed by atoms with E-state index in [0.29, 0.717) is 34.9 Å². The summed E-state index contributed by atoms with van der Waals surface area (Å²) < 4.78 is 22.7. The van der Waals surface area contributed by atoms with Gasteiger partial charge in [0, 0.05) is 36.9 Å². The third-order valence-electron chi connectivity index (χ3n) is 6.09. The molecule has 0 radical (unpaired) electrons. The molecule has 32 heavy (non-hydrogen) atoms. The third kappa shape index (κ3) is 3.75. The average Bonchev–Trinajstić information content (AvgIpc) is 3.21. The molecule has 0 amide bonds. The summed E-state index contributed by atoms with van der Waals surface area (Å²) in [6, 6.07) is 5.16. The van der Waals surface area contributed by atoms with E-state index in [1.165, 1.54) is 6.07 Å². The van der Waals surface area contributed by atoms with Gasteiger partial charge in [-0.1, -0.05) is 6.07 Å². The second-order valence-corrected chi connectivity index (χ2v) is 8.51. The van der Waals surface area contributed by atoms with Crippen LogP contribution in [0, 0.1) is 26.6 Å². The van der Waals surface area contributed by atoms with Crippen molar-refractivity contribution in [1.82, 2.24) is 29.7 Å². The smallest absolute Gasteiger partial charge is 0.182 e. The standard InChI is InChI=1S/C24H25FN6O/c1-13-5-6-18(19(25)9-13)21-22-24(28-15(3)14(2)27-22)30-23(29-21)16-7-8-32-20(10-16)17-11-26-31(4)12-17/h5-6,9,11-12,16,20H,7-8,10H2,1-4H3/t16-,20+/m1/s1. The first-order chi connectivity index (χ1) is 15.4. The Morgan fingerprint density at radius 3 is 2.62 bits per heavy atom. The number of benzene rings is 1. The number of aromatic nitrogens is 6. The molecule has 0 spiro atoms. The van der Waals surface area contributed by atoms with Crippen LogP contribution in [0.15, 0.2) is 30.6 Å². The molecule has 1 aliphatic rings. The lowest BCUT2D eigenvalue weighted by atomic mass is 9.92. The molecule has 5 rings (SSSR count). The highest BCUT2D eigenvalue weighted by atomic mass is 19.1. The van der Waals surface area contributed by atoms with E-state index in [0.717, 1.165) is 35.4 Å². The molecule has 4 heterocycles. The van der Waals surface area contributed by atoms with Crippen LogP contribution in [0.2, 0.25) is 0 Å². The molecular weight excluding hydrogens is 407 g/mol. The molecule has 4 aromatic rings. The molecule has 0 aliphatic carbocycles. The van der Waals surface area contributed by atoms with E-state index in [1.807, 2.05) is 46.3 Å². The van der Waals surface area contributed by atoms with E-state index >= 15 is 0 Å². The molecule has 1 aliphatic heterocycles. The second-order valence-electron chi connectivity index (χ2n) is 8.51. The summed E-state index contributed by atoms with van der Waals surface area (Å²) in [5.41, 5.74) is 5.40. The molecule has 2 atom stereocenters. The number of hydrogen-bond donors (Lipinski definition) is 0. The van der Waals surface area contributed by atoms with E-state index < -0.39 is 0 Å². The van der Waals surface area contributed by atoms with Gasteiger partial charge in [0.05, 0.1) is 23.7 Å². The summed E-state index contributed by atoms with van der Waals surface area (Å²) in [6.45, 7) is 6.26. The average molecular weight is 433 g/mol. The van der Waals surface area contributed by atoms with Crippen LogP contribution in [0.3, 0.4) is 0 Å². The molecule has 3 aromatic heterocycles. The van der Waals surface area contributed by atoms with Gasteiger partial charge in [0.2, 0.25) is 0 Å². The Bertz CT molecular complexity index is 1320. The van der Waals surface area contributed by atoms with Gasteiger partial charge in [-0.05, 0) is 51.3 Å². The van der Waals surface area contributed by atoms with Crippen molar-refractivity contribution in [3.8, 4) is 11.3 Å². The van der Waals surface area contributed by atoms with Crippen molar-refractivity contribution < 1.29 is 9.13 Å². The fourth-order valence-electron chi connectivity index (χ4n) is 4.18. The maximum atomic E-state index is 15.0. The second kappa shape index (κ2) is 8.02. The molecule has 1 aromatic carbocycles. The minimum absolute atomic E-state index is 0.0639. The van der Waals surface area contributed by atoms with Crippen LogP contribution >= 0.6 is 0 Å². The van der Waals surface area contributed by atoms with Crippen LogP contribution in [-0.4, -0.2) is 36.3 Å². The van der Waals surface area contributed by atoms with Crippen LogP contribution in [0.4, 0.5) is 4.39 Å². The number of fused-ring (bicyclic) bond motifs is 1. The Morgan fingerprint density at radius 1 is 1.06 bits per heavy atom. The minimum Gasteiger partial charge on any atom is -0.373 e. The van der Waals surface area contributed by atoms with Crippen molar-refractivity contribution in [3.63, 3.8) is 0 Å². The summed E-state index contributed by atoms with van der Waals surface area (Å²) in [5, 5.41) is 4.26. The summed E-state index contributed by atoms with van der Waals surface area (Å²) in [4.78, 5) is 19.0. The van der Waals surface area contributed by atoms with Crippen molar-refractivity contribution in [3.05, 3.63) is 64.7 Å². The molecule has 0 saturated carbocycles. The van der Waals surface area contributed by atoms with Crippen molar-refractivity contribution >= 4 is 11.2 Å². The Hall–Kier alpha value is -3.26. The first kappa shape index (κ1) is 20.6. The predicted molar refractivity (Wildman–Crippen MR) is 119 cm³/mol. The maximum Gasteiger partial charge on any atom is 0.182 e. The van der Waals surface area contributed by atoms with E-state index in [1.54, 1.807) is 10.7 Å². The Balaban J connectivity index is 1.62. The summed E-state index contributed by atoms with van der Waals surface area (Å²) in [6.07, 6.45) is 5.24. The zero-order valence-corrected chi connectivity index (χ0v) is 18.6. The Labute approximate surface area is 185 Å². The zero-order chi connectivity index (χ0) is 22.4. The SMILES string of the molecule is Cc1ccc(-c2nc([C@@H]3CCO[C@H](c4cnn(C)c4)C3)nc3nc(C)c(C)nc23)c(F)c1. The topological polar surface area (TPSA) is 78.6 Å². The van der Waals surface area contributed by atoms with Crippen molar-refractivity contribution in [1.29, 1.82) is 0 Å². The summed E-state index contributed by atoms with van der Waals surface area (Å²) in [7, 11) is 1.89. The highest BCUT2D eigenvalue weighted by molar-refractivity contribution is 5.87. The van der Waals surface area contributed by atoms with Crippen LogP contribution in [0.5, 0.6) is 0 Å². The van der Waals surface area contributed by atoms with E-state index in [2.05, 4.69) is 15.1 Å². The fourth-order valence-corrected chi connectivity index (χ4v) is 4.18. The van der Waals surface area contributed by atoms with Gasteiger partial charge in [0.1, 0.15) is 22.9 Å². The van der Waals surface area contributed by atoms with Gasteiger partial charge in [0.15, 0.2) is 5.65 Å². The number of rotatable bonds is 3.